The number of thioether (sulfide) groups is 1. The summed E-state index contributed by atoms with van der Waals surface area (Å²) in [4.78, 5) is 2.15. The maximum Gasteiger partial charge on any atom is 0.241 e. The number of nitrogens with one attached hydrogen (secondary N) is 2. The van der Waals surface area contributed by atoms with Crippen LogP contribution in [0.25, 0.3) is 0 Å². The monoisotopic (exact) mass is 358 g/mol. The molecule has 0 fully saturated rings. The number of hydrogen-bond donors (Lipinski definition) is 2. The highest BCUT2D eigenvalue weighted by Crippen LogP contribution is 2.24. The normalized spacial score (nSPS) is 11.6. The van der Waals surface area contributed by atoms with Crippen molar-refractivity contribution in [3.8, 4) is 0 Å². The number of hydrogen-bond acceptors (Lipinski definition) is 7. The zero-order chi connectivity index (χ0) is 16.2. The molecule has 2 aromatic heterocycles. The molecule has 0 radical (unpaired) electrons. The Bertz CT molecular complexity index is 726. The van der Waals surface area contributed by atoms with E-state index in [1.165, 1.54) is 23.1 Å². The van der Waals surface area contributed by atoms with E-state index in [1.807, 2.05) is 32.2 Å². The Morgan fingerprint density at radius 2 is 2.00 bits per heavy atom. The molecular formula is C13H18N4O2S3. The van der Waals surface area contributed by atoms with E-state index in [-0.39, 0.29) is 6.54 Å². The van der Waals surface area contributed by atoms with Gasteiger partial charge in [0.2, 0.25) is 10.0 Å². The third kappa shape index (κ3) is 4.42. The van der Waals surface area contributed by atoms with Gasteiger partial charge in [-0.3, -0.25) is 0 Å². The second-order valence-corrected chi connectivity index (χ2v) is 8.59. The van der Waals surface area contributed by atoms with Crippen LogP contribution in [0.2, 0.25) is 0 Å². The summed E-state index contributed by atoms with van der Waals surface area (Å²) in [7, 11) is -3.45. The molecule has 2 heterocycles. The number of nitrogens with zero attached hydrogens (tertiary/aromatic N) is 2. The Morgan fingerprint density at radius 3 is 2.55 bits per heavy atom. The second-order valence-electron chi connectivity index (χ2n) is 4.56. The van der Waals surface area contributed by atoms with Crippen LogP contribution in [0, 0.1) is 13.8 Å². The molecule has 2 aromatic rings. The molecule has 22 heavy (non-hydrogen) atoms. The molecule has 120 valence electrons. The molecular weight excluding hydrogens is 340 g/mol. The van der Waals surface area contributed by atoms with Gasteiger partial charge in [-0.15, -0.1) is 33.3 Å². The van der Waals surface area contributed by atoms with Crippen molar-refractivity contribution in [1.82, 2.24) is 14.9 Å². The highest BCUT2D eigenvalue weighted by molar-refractivity contribution is 7.98. The zero-order valence-electron chi connectivity index (χ0n) is 12.6. The van der Waals surface area contributed by atoms with Gasteiger partial charge in [-0.2, -0.15) is 0 Å². The SMILES string of the molecule is CSc1ccc(NCCNS(=O)(=O)c2cc(C)sc2C)nn1. The van der Waals surface area contributed by atoms with E-state index in [0.717, 1.165) is 14.8 Å². The van der Waals surface area contributed by atoms with E-state index >= 15 is 0 Å². The molecule has 6 nitrogen and oxygen atoms in total. The van der Waals surface area contributed by atoms with Crippen molar-refractivity contribution >= 4 is 38.9 Å². The average molecular weight is 359 g/mol. The Hall–Kier alpha value is -1.16. The predicted octanol–water partition coefficient (Wildman–Crippen LogP) is 2.27. The molecule has 0 aliphatic carbocycles. The molecule has 0 amide bonds. The molecule has 2 rings (SSSR count). The molecule has 0 atom stereocenters. The fourth-order valence-electron chi connectivity index (χ4n) is 1.85. The van der Waals surface area contributed by atoms with Gasteiger partial charge >= 0.3 is 0 Å². The van der Waals surface area contributed by atoms with Crippen molar-refractivity contribution in [1.29, 1.82) is 0 Å². The van der Waals surface area contributed by atoms with Crippen LogP contribution in [0.1, 0.15) is 9.75 Å². The van der Waals surface area contributed by atoms with Crippen molar-refractivity contribution in [3.05, 3.63) is 28.0 Å². The standard InChI is InChI=1S/C13H18N4O2S3/c1-9-8-11(10(2)21-9)22(18,19)15-7-6-14-12-4-5-13(20-3)17-16-12/h4-5,8,15H,6-7H2,1-3H3,(H,14,16). The van der Waals surface area contributed by atoms with Crippen LogP contribution >= 0.6 is 23.1 Å². The Kier molecular flexibility index (Phi) is 5.79. The third-order valence-electron chi connectivity index (χ3n) is 2.86. The van der Waals surface area contributed by atoms with Gasteiger partial charge in [0.15, 0.2) is 0 Å². The van der Waals surface area contributed by atoms with Crippen LogP contribution in [0.4, 0.5) is 5.82 Å². The quantitative estimate of drug-likeness (QED) is 0.583. The molecule has 0 aliphatic rings. The molecule has 0 spiro atoms. The average Bonchev–Trinajstić information content (AvgIpc) is 2.84. The maximum absolute atomic E-state index is 12.2. The number of sulfonamides is 1. The van der Waals surface area contributed by atoms with Gasteiger partial charge in [0.05, 0.1) is 4.90 Å². The highest BCUT2D eigenvalue weighted by Gasteiger charge is 2.18. The van der Waals surface area contributed by atoms with Gasteiger partial charge in [0.25, 0.3) is 0 Å². The van der Waals surface area contributed by atoms with Gasteiger partial charge < -0.3 is 5.32 Å². The van der Waals surface area contributed by atoms with Crippen LogP contribution in [-0.2, 0) is 10.0 Å². The van der Waals surface area contributed by atoms with E-state index < -0.39 is 10.0 Å². The minimum atomic E-state index is -3.45. The van der Waals surface area contributed by atoms with Gasteiger partial charge in [-0.25, -0.2) is 13.1 Å². The van der Waals surface area contributed by atoms with Crippen LogP contribution in [-0.4, -0.2) is 38.0 Å². The Balaban J connectivity index is 1.86. The molecule has 0 bridgehead atoms. The number of aromatic nitrogens is 2. The first-order chi connectivity index (χ1) is 10.4. The minimum Gasteiger partial charge on any atom is -0.367 e. The first-order valence-electron chi connectivity index (χ1n) is 6.60. The zero-order valence-corrected chi connectivity index (χ0v) is 15.0. The van der Waals surface area contributed by atoms with Crippen LogP contribution in [0.15, 0.2) is 28.1 Å². The van der Waals surface area contributed by atoms with Gasteiger partial charge in [-0.1, -0.05) is 0 Å². The van der Waals surface area contributed by atoms with Crippen molar-refractivity contribution < 1.29 is 8.42 Å². The summed E-state index contributed by atoms with van der Waals surface area (Å²) < 4.78 is 27.0. The van der Waals surface area contributed by atoms with E-state index in [2.05, 4.69) is 20.2 Å². The second kappa shape index (κ2) is 7.40. The fourth-order valence-corrected chi connectivity index (χ4v) is 4.76. The molecule has 2 N–H and O–H groups in total. The van der Waals surface area contributed by atoms with Gasteiger partial charge in [0.1, 0.15) is 10.8 Å². The number of rotatable bonds is 7. The summed E-state index contributed by atoms with van der Waals surface area (Å²) in [5.74, 6) is 0.625. The lowest BCUT2D eigenvalue weighted by Gasteiger charge is -2.08. The summed E-state index contributed by atoms with van der Waals surface area (Å²) >= 11 is 3.00. The maximum atomic E-state index is 12.2. The van der Waals surface area contributed by atoms with Crippen molar-refractivity contribution in [2.45, 2.75) is 23.8 Å². The summed E-state index contributed by atoms with van der Waals surface area (Å²) in [6, 6.07) is 5.38. The molecule has 0 saturated heterocycles. The Morgan fingerprint density at radius 1 is 1.23 bits per heavy atom. The lowest BCUT2D eigenvalue weighted by atomic mass is 10.4. The van der Waals surface area contributed by atoms with Gasteiger partial charge in [0, 0.05) is 22.8 Å². The van der Waals surface area contributed by atoms with E-state index in [4.69, 9.17) is 0 Å². The molecule has 0 saturated carbocycles. The van der Waals surface area contributed by atoms with E-state index in [9.17, 15) is 8.42 Å². The summed E-state index contributed by atoms with van der Waals surface area (Å²) in [6.45, 7) is 4.43. The largest absolute Gasteiger partial charge is 0.367 e. The van der Waals surface area contributed by atoms with E-state index in [1.54, 1.807) is 6.07 Å². The number of aryl methyl sites for hydroxylation is 2. The third-order valence-corrected chi connectivity index (χ3v) is 6.18. The Labute approximate surface area is 138 Å². The topological polar surface area (TPSA) is 84.0 Å². The van der Waals surface area contributed by atoms with Crippen molar-refractivity contribution in [2.24, 2.45) is 0 Å². The van der Waals surface area contributed by atoms with Crippen LogP contribution < -0.4 is 10.0 Å². The highest BCUT2D eigenvalue weighted by atomic mass is 32.2. The smallest absolute Gasteiger partial charge is 0.241 e. The van der Waals surface area contributed by atoms with Crippen LogP contribution in [0.3, 0.4) is 0 Å². The molecule has 0 aromatic carbocycles. The summed E-state index contributed by atoms with van der Waals surface area (Å²) in [5, 5.41) is 11.9. The number of thiophene rings is 1. The summed E-state index contributed by atoms with van der Waals surface area (Å²) in [5.41, 5.74) is 0. The van der Waals surface area contributed by atoms with Crippen molar-refractivity contribution in [3.63, 3.8) is 0 Å². The summed E-state index contributed by atoms with van der Waals surface area (Å²) in [6.07, 6.45) is 1.93. The lowest BCUT2D eigenvalue weighted by Crippen LogP contribution is -2.29. The molecule has 9 heteroatoms. The number of anilines is 1. The molecule has 0 aliphatic heterocycles. The first kappa shape index (κ1) is 17.2. The van der Waals surface area contributed by atoms with Gasteiger partial charge in [-0.05, 0) is 38.3 Å². The predicted molar refractivity (Wildman–Crippen MR) is 91.3 cm³/mol. The van der Waals surface area contributed by atoms with Crippen LogP contribution in [0.5, 0.6) is 0 Å². The lowest BCUT2D eigenvalue weighted by molar-refractivity contribution is 0.582. The van der Waals surface area contributed by atoms with Crippen molar-refractivity contribution in [2.75, 3.05) is 24.7 Å². The fraction of sp³-hybridized carbons (Fsp3) is 0.385. The molecule has 0 unspecified atom stereocenters. The minimum absolute atomic E-state index is 0.280. The van der Waals surface area contributed by atoms with E-state index in [0.29, 0.717) is 17.3 Å². The first-order valence-corrected chi connectivity index (χ1v) is 10.1.